The van der Waals surface area contributed by atoms with Crippen LogP contribution < -0.4 is 0 Å². The van der Waals surface area contributed by atoms with E-state index in [0.717, 1.165) is 22.6 Å². The summed E-state index contributed by atoms with van der Waals surface area (Å²) in [5.41, 5.74) is 3.47. The molecule has 2 heterocycles. The Labute approximate surface area is 117 Å². The summed E-state index contributed by atoms with van der Waals surface area (Å²) in [5, 5.41) is 9.01. The van der Waals surface area contributed by atoms with E-state index in [1.54, 1.807) is 6.33 Å². The smallest absolute Gasteiger partial charge is 0.159 e. The van der Waals surface area contributed by atoms with E-state index in [9.17, 15) is 0 Å². The third-order valence-electron chi connectivity index (χ3n) is 3.38. The topological polar surface area (TPSA) is 59.4 Å². The third-order valence-corrected chi connectivity index (χ3v) is 3.38. The summed E-state index contributed by atoms with van der Waals surface area (Å²) in [7, 11) is 1.95. The highest BCUT2D eigenvalue weighted by Crippen LogP contribution is 2.28. The van der Waals surface area contributed by atoms with E-state index in [1.807, 2.05) is 36.0 Å². The molecule has 0 aliphatic heterocycles. The number of rotatable bonds is 2. The molecule has 0 aliphatic carbocycles. The van der Waals surface area contributed by atoms with Gasteiger partial charge in [-0.05, 0) is 32.0 Å². The van der Waals surface area contributed by atoms with Gasteiger partial charge in [0.2, 0.25) is 0 Å². The second kappa shape index (κ2) is 4.49. The first-order chi connectivity index (χ1) is 9.61. The van der Waals surface area contributed by atoms with E-state index < -0.39 is 0 Å². The van der Waals surface area contributed by atoms with Crippen molar-refractivity contribution < 1.29 is 0 Å². The standard InChI is InChI=1S/C15H15N5/c1-10(2)20-13-5-4-11(7-16)6-12(13)18-15(20)14-8-17-9-19(14)3/h4-6,8-10H,1-3H3. The van der Waals surface area contributed by atoms with Gasteiger partial charge in [0, 0.05) is 13.1 Å². The van der Waals surface area contributed by atoms with Gasteiger partial charge in [0.1, 0.15) is 5.69 Å². The molecule has 1 aromatic carbocycles. The lowest BCUT2D eigenvalue weighted by molar-refractivity contribution is 0.621. The van der Waals surface area contributed by atoms with Gasteiger partial charge in [-0.3, -0.25) is 0 Å². The second-order valence-electron chi connectivity index (χ2n) is 5.10. The van der Waals surface area contributed by atoms with Crippen LogP contribution in [-0.4, -0.2) is 19.1 Å². The number of aromatic nitrogens is 4. The minimum Gasteiger partial charge on any atom is -0.331 e. The first-order valence-electron chi connectivity index (χ1n) is 6.50. The lowest BCUT2D eigenvalue weighted by Gasteiger charge is -2.13. The van der Waals surface area contributed by atoms with E-state index >= 15 is 0 Å². The largest absolute Gasteiger partial charge is 0.331 e. The van der Waals surface area contributed by atoms with Crippen LogP contribution in [0.4, 0.5) is 0 Å². The SMILES string of the molecule is CC(C)n1c(-c2cncn2C)nc2cc(C#N)ccc21. The molecule has 0 saturated carbocycles. The number of aryl methyl sites for hydroxylation is 1. The van der Waals surface area contributed by atoms with Crippen LogP contribution in [0.1, 0.15) is 25.5 Å². The average Bonchev–Trinajstić information content (AvgIpc) is 3.00. The Hall–Kier alpha value is -2.61. The zero-order chi connectivity index (χ0) is 14.3. The molecule has 0 unspecified atom stereocenters. The normalized spacial score (nSPS) is 11.2. The maximum absolute atomic E-state index is 9.01. The fourth-order valence-corrected chi connectivity index (χ4v) is 2.44. The molecule has 5 heteroatoms. The van der Waals surface area contributed by atoms with Crippen LogP contribution >= 0.6 is 0 Å². The molecule has 0 spiro atoms. The number of imidazole rings is 2. The van der Waals surface area contributed by atoms with Gasteiger partial charge in [-0.1, -0.05) is 0 Å². The molecule has 0 bridgehead atoms. The van der Waals surface area contributed by atoms with Gasteiger partial charge >= 0.3 is 0 Å². The summed E-state index contributed by atoms with van der Waals surface area (Å²) >= 11 is 0. The molecule has 100 valence electrons. The quantitative estimate of drug-likeness (QED) is 0.715. The zero-order valence-corrected chi connectivity index (χ0v) is 11.7. The Morgan fingerprint density at radius 3 is 2.70 bits per heavy atom. The van der Waals surface area contributed by atoms with Crippen LogP contribution in [0, 0.1) is 11.3 Å². The number of nitrogens with zero attached hydrogens (tertiary/aromatic N) is 5. The summed E-state index contributed by atoms with van der Waals surface area (Å²) in [5.74, 6) is 0.880. The van der Waals surface area contributed by atoms with Gasteiger partial charge < -0.3 is 9.13 Å². The van der Waals surface area contributed by atoms with Crippen LogP contribution in [0.25, 0.3) is 22.6 Å². The van der Waals surface area contributed by atoms with Crippen molar-refractivity contribution in [3.05, 3.63) is 36.3 Å². The molecule has 2 aromatic heterocycles. The van der Waals surface area contributed by atoms with Crippen LogP contribution in [-0.2, 0) is 7.05 Å². The third kappa shape index (κ3) is 1.77. The Morgan fingerprint density at radius 1 is 1.30 bits per heavy atom. The lowest BCUT2D eigenvalue weighted by atomic mass is 10.2. The molecule has 5 nitrogen and oxygen atoms in total. The van der Waals surface area contributed by atoms with Crippen LogP contribution in [0.2, 0.25) is 0 Å². The van der Waals surface area contributed by atoms with Gasteiger partial charge in [0.25, 0.3) is 0 Å². The van der Waals surface area contributed by atoms with Crippen molar-refractivity contribution in [2.75, 3.05) is 0 Å². The first kappa shape index (κ1) is 12.4. The fraction of sp³-hybridized carbons (Fsp3) is 0.267. The maximum atomic E-state index is 9.01. The summed E-state index contributed by atoms with van der Waals surface area (Å²) in [6, 6.07) is 8.05. The fourth-order valence-electron chi connectivity index (χ4n) is 2.44. The molecule has 0 fully saturated rings. The highest BCUT2D eigenvalue weighted by molar-refractivity contribution is 5.81. The number of nitriles is 1. The van der Waals surface area contributed by atoms with Gasteiger partial charge in [-0.15, -0.1) is 0 Å². The van der Waals surface area contributed by atoms with Crippen LogP contribution in [0.5, 0.6) is 0 Å². The molecule has 20 heavy (non-hydrogen) atoms. The van der Waals surface area contributed by atoms with Crippen LogP contribution in [0.3, 0.4) is 0 Å². The number of hydrogen-bond acceptors (Lipinski definition) is 3. The number of hydrogen-bond donors (Lipinski definition) is 0. The van der Waals surface area contributed by atoms with Crippen molar-refractivity contribution in [1.82, 2.24) is 19.1 Å². The molecule has 0 N–H and O–H groups in total. The summed E-state index contributed by atoms with van der Waals surface area (Å²) in [6.45, 7) is 4.25. The molecule has 0 saturated heterocycles. The Kier molecular flexibility index (Phi) is 2.79. The second-order valence-corrected chi connectivity index (χ2v) is 5.10. The molecule has 0 radical (unpaired) electrons. The highest BCUT2D eigenvalue weighted by atomic mass is 15.1. The van der Waals surface area contributed by atoms with Crippen molar-refractivity contribution in [2.45, 2.75) is 19.9 Å². The van der Waals surface area contributed by atoms with Crippen molar-refractivity contribution in [3.8, 4) is 17.6 Å². The summed E-state index contributed by atoms with van der Waals surface area (Å²) < 4.78 is 4.12. The van der Waals surface area contributed by atoms with E-state index in [2.05, 4.69) is 29.5 Å². The first-order valence-corrected chi connectivity index (χ1v) is 6.50. The predicted molar refractivity (Wildman–Crippen MR) is 77.0 cm³/mol. The monoisotopic (exact) mass is 265 g/mol. The summed E-state index contributed by atoms with van der Waals surface area (Å²) in [6.07, 6.45) is 3.57. The van der Waals surface area contributed by atoms with Gasteiger partial charge in [-0.25, -0.2) is 9.97 Å². The average molecular weight is 265 g/mol. The predicted octanol–water partition coefficient (Wildman–Crippen LogP) is 2.89. The number of benzene rings is 1. The Bertz CT molecular complexity index is 817. The van der Waals surface area contributed by atoms with Gasteiger partial charge in [0.15, 0.2) is 5.82 Å². The Morgan fingerprint density at radius 2 is 2.10 bits per heavy atom. The van der Waals surface area contributed by atoms with Crippen molar-refractivity contribution in [1.29, 1.82) is 5.26 Å². The molecule has 0 amide bonds. The summed E-state index contributed by atoms with van der Waals surface area (Å²) in [4.78, 5) is 8.86. The van der Waals surface area contributed by atoms with E-state index in [0.29, 0.717) is 5.56 Å². The van der Waals surface area contributed by atoms with Crippen LogP contribution in [0.15, 0.2) is 30.7 Å². The van der Waals surface area contributed by atoms with Crippen molar-refractivity contribution in [2.24, 2.45) is 7.05 Å². The highest BCUT2D eigenvalue weighted by Gasteiger charge is 2.17. The Balaban J connectivity index is 2.34. The van der Waals surface area contributed by atoms with Crippen molar-refractivity contribution >= 4 is 11.0 Å². The lowest BCUT2D eigenvalue weighted by Crippen LogP contribution is -2.05. The molecular weight excluding hydrogens is 250 g/mol. The van der Waals surface area contributed by atoms with E-state index in [1.165, 1.54) is 0 Å². The minimum atomic E-state index is 0.276. The molecule has 3 rings (SSSR count). The van der Waals surface area contributed by atoms with E-state index in [4.69, 9.17) is 10.2 Å². The van der Waals surface area contributed by atoms with Crippen molar-refractivity contribution in [3.63, 3.8) is 0 Å². The van der Waals surface area contributed by atoms with Gasteiger partial charge in [0.05, 0.1) is 35.2 Å². The molecular formula is C15H15N5. The van der Waals surface area contributed by atoms with E-state index in [-0.39, 0.29) is 6.04 Å². The minimum absolute atomic E-state index is 0.276. The molecule has 3 aromatic rings. The van der Waals surface area contributed by atoms with Gasteiger partial charge in [-0.2, -0.15) is 5.26 Å². The number of fused-ring (bicyclic) bond motifs is 1. The zero-order valence-electron chi connectivity index (χ0n) is 11.7. The molecule has 0 aliphatic rings. The maximum Gasteiger partial charge on any atom is 0.159 e. The molecule has 0 atom stereocenters.